The van der Waals surface area contributed by atoms with Crippen molar-refractivity contribution in [2.45, 2.75) is 20.8 Å². The van der Waals surface area contributed by atoms with Crippen LogP contribution in [0.3, 0.4) is 0 Å². The van der Waals surface area contributed by atoms with Crippen molar-refractivity contribution >= 4 is 28.1 Å². The molecule has 2 aromatic rings. The number of rotatable bonds is 6. The lowest BCUT2D eigenvalue weighted by Gasteiger charge is -2.01. The molecule has 0 amide bonds. The van der Waals surface area contributed by atoms with E-state index in [1.807, 2.05) is 44.2 Å². The van der Waals surface area contributed by atoms with Gasteiger partial charge < -0.3 is 10.4 Å². The number of hydrogen-bond donors (Lipinski definition) is 2. The van der Waals surface area contributed by atoms with Crippen molar-refractivity contribution in [3.05, 3.63) is 53.7 Å². The number of allylic oxidation sites excluding steroid dienone is 1. The number of hydrogen-bond acceptors (Lipinski definition) is 4. The number of benzene rings is 1. The van der Waals surface area contributed by atoms with Gasteiger partial charge in [0.15, 0.2) is 5.78 Å². The third kappa shape index (κ3) is 3.87. The fourth-order valence-corrected chi connectivity index (χ4v) is 3.31. The van der Waals surface area contributed by atoms with Crippen molar-refractivity contribution < 1.29 is 14.7 Å². The van der Waals surface area contributed by atoms with E-state index in [2.05, 4.69) is 5.32 Å². The molecule has 0 fully saturated rings. The standard InChI is InChI=1S/C18H19NO3S/c1-11(2)14(20)9-10-19-17-15(18(21)22)12(3)16(23-17)13-7-5-4-6-8-13/h4-11,19H,1-3H3,(H,21,22)/b10-9+. The number of nitrogens with one attached hydrogen (secondary N) is 1. The third-order valence-electron chi connectivity index (χ3n) is 3.43. The molecule has 0 spiro atoms. The number of anilines is 1. The van der Waals surface area contributed by atoms with E-state index in [-0.39, 0.29) is 17.3 Å². The van der Waals surface area contributed by atoms with Crippen molar-refractivity contribution in [3.63, 3.8) is 0 Å². The number of carboxylic acid groups (broad SMARTS) is 1. The molecule has 0 aliphatic rings. The first kappa shape index (κ1) is 17.0. The lowest BCUT2D eigenvalue weighted by Crippen LogP contribution is -2.04. The Bertz CT molecular complexity index is 745. The minimum Gasteiger partial charge on any atom is -0.478 e. The Labute approximate surface area is 139 Å². The average Bonchev–Trinajstić information content (AvgIpc) is 2.84. The number of carbonyl (C=O) groups excluding carboxylic acids is 1. The molecule has 0 radical (unpaired) electrons. The number of aromatic carboxylic acids is 1. The predicted molar refractivity (Wildman–Crippen MR) is 94.1 cm³/mol. The topological polar surface area (TPSA) is 66.4 Å². The predicted octanol–water partition coefficient (Wildman–Crippen LogP) is 4.57. The first-order chi connectivity index (χ1) is 10.9. The minimum absolute atomic E-state index is 0.00839. The molecule has 0 saturated carbocycles. The normalized spacial score (nSPS) is 11.1. The van der Waals surface area contributed by atoms with E-state index < -0.39 is 5.97 Å². The van der Waals surface area contributed by atoms with Crippen LogP contribution in [-0.2, 0) is 4.79 Å². The number of carboxylic acids is 1. The summed E-state index contributed by atoms with van der Waals surface area (Å²) in [5.74, 6) is -1.07. The Kier molecular flexibility index (Phi) is 5.34. The highest BCUT2D eigenvalue weighted by molar-refractivity contribution is 7.20. The largest absolute Gasteiger partial charge is 0.478 e. The van der Waals surface area contributed by atoms with Gasteiger partial charge >= 0.3 is 5.97 Å². The molecule has 0 aliphatic carbocycles. The van der Waals surface area contributed by atoms with Crippen LogP contribution in [0.4, 0.5) is 5.00 Å². The van der Waals surface area contributed by atoms with Crippen LogP contribution < -0.4 is 5.32 Å². The molecule has 0 saturated heterocycles. The van der Waals surface area contributed by atoms with E-state index >= 15 is 0 Å². The molecule has 2 N–H and O–H groups in total. The zero-order chi connectivity index (χ0) is 17.0. The van der Waals surface area contributed by atoms with Crippen LogP contribution in [0.1, 0.15) is 29.8 Å². The molecule has 0 bridgehead atoms. The summed E-state index contributed by atoms with van der Waals surface area (Å²) in [6.45, 7) is 5.44. The Morgan fingerprint density at radius 1 is 1.22 bits per heavy atom. The summed E-state index contributed by atoms with van der Waals surface area (Å²) in [5.41, 5.74) is 1.95. The van der Waals surface area contributed by atoms with Gasteiger partial charge in [-0.05, 0) is 24.1 Å². The van der Waals surface area contributed by atoms with E-state index in [4.69, 9.17) is 0 Å². The molecule has 1 aromatic carbocycles. The fraction of sp³-hybridized carbons (Fsp3) is 0.222. The smallest absolute Gasteiger partial charge is 0.339 e. The van der Waals surface area contributed by atoms with Crippen LogP contribution in [-0.4, -0.2) is 16.9 Å². The quantitative estimate of drug-likeness (QED) is 0.762. The Morgan fingerprint density at radius 2 is 1.87 bits per heavy atom. The summed E-state index contributed by atoms with van der Waals surface area (Å²) in [7, 11) is 0. The maximum Gasteiger partial charge on any atom is 0.339 e. The molecular formula is C18H19NO3S. The van der Waals surface area contributed by atoms with Crippen molar-refractivity contribution in [2.75, 3.05) is 5.32 Å². The molecule has 2 rings (SSSR count). The molecule has 120 valence electrons. The molecule has 5 heteroatoms. The second-order valence-electron chi connectivity index (χ2n) is 5.47. The van der Waals surface area contributed by atoms with E-state index in [1.54, 1.807) is 6.92 Å². The van der Waals surface area contributed by atoms with E-state index in [9.17, 15) is 14.7 Å². The average molecular weight is 329 g/mol. The SMILES string of the molecule is Cc1c(-c2ccccc2)sc(N/C=C/C(=O)C(C)C)c1C(=O)O. The van der Waals surface area contributed by atoms with E-state index in [1.165, 1.54) is 23.6 Å². The first-order valence-corrected chi connectivity index (χ1v) is 8.12. The maximum atomic E-state index is 11.6. The van der Waals surface area contributed by atoms with Crippen molar-refractivity contribution in [1.29, 1.82) is 0 Å². The highest BCUT2D eigenvalue weighted by atomic mass is 32.1. The van der Waals surface area contributed by atoms with Crippen LogP contribution in [0.25, 0.3) is 10.4 Å². The van der Waals surface area contributed by atoms with Gasteiger partial charge in [0.1, 0.15) is 5.00 Å². The highest BCUT2D eigenvalue weighted by Crippen LogP contribution is 2.39. The van der Waals surface area contributed by atoms with Gasteiger partial charge in [0, 0.05) is 17.0 Å². The lowest BCUT2D eigenvalue weighted by molar-refractivity contribution is -0.117. The summed E-state index contributed by atoms with van der Waals surface area (Å²) in [6, 6.07) is 9.66. The van der Waals surface area contributed by atoms with Crippen LogP contribution in [0, 0.1) is 12.8 Å². The van der Waals surface area contributed by atoms with Gasteiger partial charge in [0.25, 0.3) is 0 Å². The van der Waals surface area contributed by atoms with Crippen molar-refractivity contribution in [3.8, 4) is 10.4 Å². The molecule has 4 nitrogen and oxygen atoms in total. The number of thiophene rings is 1. The minimum atomic E-state index is -0.980. The van der Waals surface area contributed by atoms with Gasteiger partial charge in [0.2, 0.25) is 0 Å². The van der Waals surface area contributed by atoms with Crippen LogP contribution in [0.2, 0.25) is 0 Å². The molecular weight excluding hydrogens is 310 g/mol. The third-order valence-corrected chi connectivity index (χ3v) is 4.70. The molecule has 0 atom stereocenters. The Morgan fingerprint density at radius 3 is 2.43 bits per heavy atom. The summed E-state index contributed by atoms with van der Waals surface area (Å²) in [5, 5.41) is 13.0. The molecule has 23 heavy (non-hydrogen) atoms. The molecule has 0 unspecified atom stereocenters. The van der Waals surface area contributed by atoms with E-state index in [0.717, 1.165) is 16.0 Å². The zero-order valence-corrected chi connectivity index (χ0v) is 14.1. The Hall–Kier alpha value is -2.40. The molecule has 1 aromatic heterocycles. The molecule has 0 aliphatic heterocycles. The van der Waals surface area contributed by atoms with Crippen molar-refractivity contribution in [1.82, 2.24) is 0 Å². The van der Waals surface area contributed by atoms with Gasteiger partial charge in [-0.2, -0.15) is 0 Å². The van der Waals surface area contributed by atoms with Gasteiger partial charge in [-0.25, -0.2) is 4.79 Å². The van der Waals surface area contributed by atoms with Crippen LogP contribution >= 0.6 is 11.3 Å². The van der Waals surface area contributed by atoms with Gasteiger partial charge in [-0.15, -0.1) is 11.3 Å². The first-order valence-electron chi connectivity index (χ1n) is 7.30. The summed E-state index contributed by atoms with van der Waals surface area (Å²) < 4.78 is 0. The highest BCUT2D eigenvalue weighted by Gasteiger charge is 2.20. The monoisotopic (exact) mass is 329 g/mol. The Balaban J connectivity index is 2.36. The number of carbonyl (C=O) groups is 2. The van der Waals surface area contributed by atoms with Crippen LogP contribution in [0.5, 0.6) is 0 Å². The van der Waals surface area contributed by atoms with Gasteiger partial charge in [-0.3, -0.25) is 4.79 Å². The van der Waals surface area contributed by atoms with Crippen molar-refractivity contribution in [2.24, 2.45) is 5.92 Å². The zero-order valence-electron chi connectivity index (χ0n) is 13.3. The van der Waals surface area contributed by atoms with E-state index in [0.29, 0.717) is 5.00 Å². The van der Waals surface area contributed by atoms with Crippen LogP contribution in [0.15, 0.2) is 42.6 Å². The lowest BCUT2D eigenvalue weighted by atomic mass is 10.1. The summed E-state index contributed by atoms with van der Waals surface area (Å²) in [4.78, 5) is 24.1. The second kappa shape index (κ2) is 7.24. The fourth-order valence-electron chi connectivity index (χ4n) is 2.13. The summed E-state index contributed by atoms with van der Waals surface area (Å²) in [6.07, 6.45) is 2.95. The summed E-state index contributed by atoms with van der Waals surface area (Å²) >= 11 is 1.37. The van der Waals surface area contributed by atoms with Gasteiger partial charge in [-0.1, -0.05) is 44.2 Å². The van der Waals surface area contributed by atoms with Gasteiger partial charge in [0.05, 0.1) is 5.56 Å². The number of ketones is 1. The second-order valence-corrected chi connectivity index (χ2v) is 6.49. The maximum absolute atomic E-state index is 11.6. The molecule has 1 heterocycles.